The zero-order chi connectivity index (χ0) is 8.69. The van der Waals surface area contributed by atoms with Crippen molar-refractivity contribution in [2.75, 3.05) is 6.54 Å². The molecule has 3 N–H and O–H groups in total. The Morgan fingerprint density at radius 1 is 1.55 bits per heavy atom. The van der Waals surface area contributed by atoms with E-state index in [9.17, 15) is 9.70 Å². The molecule has 0 rings (SSSR count). The molecule has 0 aromatic carbocycles. The van der Waals surface area contributed by atoms with Crippen LogP contribution in [0.1, 0.15) is 19.3 Å². The van der Waals surface area contributed by atoms with Crippen molar-refractivity contribution in [2.24, 2.45) is 10.9 Å². The molecule has 0 aromatic heterocycles. The molecule has 0 fully saturated rings. The van der Waals surface area contributed by atoms with Crippen LogP contribution >= 0.6 is 0 Å². The molecule has 0 radical (unpaired) electrons. The van der Waals surface area contributed by atoms with E-state index in [2.05, 4.69) is 5.18 Å². The second-order valence-corrected chi connectivity index (χ2v) is 2.24. The third-order valence-corrected chi connectivity index (χ3v) is 1.34. The number of carboxylic acids is 1. The number of nitrogens with two attached hydrogens (primary N) is 1. The van der Waals surface area contributed by atoms with Crippen molar-refractivity contribution in [3.8, 4) is 0 Å². The highest BCUT2D eigenvalue weighted by Gasteiger charge is 2.16. The van der Waals surface area contributed by atoms with Crippen LogP contribution in [0.25, 0.3) is 0 Å². The first-order valence-electron chi connectivity index (χ1n) is 3.47. The van der Waals surface area contributed by atoms with E-state index in [4.69, 9.17) is 10.8 Å². The molecule has 11 heavy (non-hydrogen) atoms. The average Bonchev–Trinajstić information content (AvgIpc) is 1.97. The predicted octanol–water partition coefficient (Wildman–Crippen LogP) is 0.335. The molecule has 0 saturated heterocycles. The molecule has 0 spiro atoms. The van der Waals surface area contributed by atoms with Crippen LogP contribution in [0.3, 0.4) is 0 Å². The minimum absolute atomic E-state index is 0.288. The average molecular weight is 160 g/mol. The van der Waals surface area contributed by atoms with Crippen LogP contribution in [-0.2, 0) is 4.79 Å². The summed E-state index contributed by atoms with van der Waals surface area (Å²) in [6.07, 6.45) is 1.66. The van der Waals surface area contributed by atoms with Gasteiger partial charge < -0.3 is 10.8 Å². The number of hydrogen-bond donors (Lipinski definition) is 2. The summed E-state index contributed by atoms with van der Waals surface area (Å²) in [6, 6.07) is -1.10. The number of nitrogens with zero attached hydrogens (tertiary/aromatic N) is 1. The molecule has 1 atom stereocenters. The molecule has 5 heteroatoms. The number of unbranched alkanes of at least 4 members (excludes halogenated alkanes) is 1. The van der Waals surface area contributed by atoms with E-state index in [1.165, 1.54) is 0 Å². The molecule has 0 heterocycles. The molecule has 0 aliphatic carbocycles. The Morgan fingerprint density at radius 2 is 2.18 bits per heavy atom. The highest BCUT2D eigenvalue weighted by Crippen LogP contribution is 2.03. The summed E-state index contributed by atoms with van der Waals surface area (Å²) >= 11 is 0. The number of carboxylic acid groups (broad SMARTS) is 1. The topological polar surface area (TPSA) is 92.8 Å². The van der Waals surface area contributed by atoms with Gasteiger partial charge in [-0.3, -0.25) is 0 Å². The molecule has 0 aliphatic heterocycles. The smallest absolute Gasteiger partial charge is 0.332 e. The first kappa shape index (κ1) is 10.0. The van der Waals surface area contributed by atoms with Crippen LogP contribution in [0.5, 0.6) is 0 Å². The zero-order valence-electron chi connectivity index (χ0n) is 6.19. The molecule has 0 aromatic rings. The summed E-state index contributed by atoms with van der Waals surface area (Å²) in [6.45, 7) is 0.519. The first-order chi connectivity index (χ1) is 5.22. The lowest BCUT2D eigenvalue weighted by molar-refractivity contribution is -0.138. The fraction of sp³-hybridized carbons (Fsp3) is 0.833. The number of hydrogen-bond acceptors (Lipinski definition) is 4. The Hall–Kier alpha value is -0.970. The molecule has 0 unspecified atom stereocenters. The Morgan fingerprint density at radius 3 is 2.55 bits per heavy atom. The maximum absolute atomic E-state index is 10.2. The van der Waals surface area contributed by atoms with E-state index in [0.717, 1.165) is 6.42 Å². The van der Waals surface area contributed by atoms with Gasteiger partial charge in [0.15, 0.2) is 6.04 Å². The van der Waals surface area contributed by atoms with Gasteiger partial charge in [0.05, 0.1) is 0 Å². The van der Waals surface area contributed by atoms with Gasteiger partial charge in [-0.1, -0.05) is 5.18 Å². The van der Waals surface area contributed by atoms with E-state index in [1.807, 2.05) is 0 Å². The van der Waals surface area contributed by atoms with Gasteiger partial charge in [0.2, 0.25) is 0 Å². The third kappa shape index (κ3) is 4.44. The largest absolute Gasteiger partial charge is 0.480 e. The van der Waals surface area contributed by atoms with Gasteiger partial charge in [-0.15, -0.1) is 4.91 Å². The van der Waals surface area contributed by atoms with E-state index in [1.54, 1.807) is 0 Å². The Kier molecular flexibility index (Phi) is 5.28. The standard InChI is InChI=1S/C6H12N2O3/c7-4-2-1-3-5(8-11)6(9)10/h5H,1-4,7H2,(H,9,10)/t5-/m0/s1. The molecule has 0 saturated carbocycles. The van der Waals surface area contributed by atoms with Crippen molar-refractivity contribution in [3.05, 3.63) is 4.91 Å². The van der Waals surface area contributed by atoms with Crippen molar-refractivity contribution in [1.82, 2.24) is 0 Å². The van der Waals surface area contributed by atoms with Crippen LogP contribution in [0.15, 0.2) is 5.18 Å². The van der Waals surface area contributed by atoms with Crippen LogP contribution in [0.2, 0.25) is 0 Å². The third-order valence-electron chi connectivity index (χ3n) is 1.34. The van der Waals surface area contributed by atoms with Gasteiger partial charge in [-0.2, -0.15) is 0 Å². The lowest BCUT2D eigenvalue weighted by Crippen LogP contribution is -2.17. The summed E-state index contributed by atoms with van der Waals surface area (Å²) < 4.78 is 0. The van der Waals surface area contributed by atoms with E-state index in [-0.39, 0.29) is 6.42 Å². The van der Waals surface area contributed by atoms with Gasteiger partial charge in [0, 0.05) is 0 Å². The molecule has 5 nitrogen and oxygen atoms in total. The number of aliphatic carboxylic acids is 1. The van der Waals surface area contributed by atoms with Gasteiger partial charge in [0.25, 0.3) is 0 Å². The Labute approximate surface area is 64.6 Å². The van der Waals surface area contributed by atoms with E-state index < -0.39 is 12.0 Å². The maximum Gasteiger partial charge on any atom is 0.332 e. The molecule has 0 aliphatic rings. The van der Waals surface area contributed by atoms with Crippen molar-refractivity contribution in [2.45, 2.75) is 25.3 Å². The fourth-order valence-corrected chi connectivity index (χ4v) is 0.703. The number of rotatable bonds is 6. The molecular formula is C6H12N2O3. The normalized spacial score (nSPS) is 12.5. The lowest BCUT2D eigenvalue weighted by Gasteiger charge is -2.01. The molecule has 0 amide bonds. The summed E-state index contributed by atoms with van der Waals surface area (Å²) in [5.74, 6) is -1.16. The van der Waals surface area contributed by atoms with E-state index >= 15 is 0 Å². The number of carbonyl (C=O) groups is 1. The van der Waals surface area contributed by atoms with Crippen LogP contribution in [0.4, 0.5) is 0 Å². The van der Waals surface area contributed by atoms with Gasteiger partial charge in [-0.05, 0) is 25.8 Å². The van der Waals surface area contributed by atoms with Gasteiger partial charge >= 0.3 is 5.97 Å². The minimum Gasteiger partial charge on any atom is -0.480 e. The highest BCUT2D eigenvalue weighted by atomic mass is 16.4. The number of nitroso groups, excluding NO2 is 1. The van der Waals surface area contributed by atoms with Crippen molar-refractivity contribution >= 4 is 5.97 Å². The van der Waals surface area contributed by atoms with Crippen molar-refractivity contribution in [1.29, 1.82) is 0 Å². The van der Waals surface area contributed by atoms with Gasteiger partial charge in [-0.25, -0.2) is 4.79 Å². The Balaban J connectivity index is 3.52. The van der Waals surface area contributed by atoms with Crippen molar-refractivity contribution < 1.29 is 9.90 Å². The lowest BCUT2D eigenvalue weighted by atomic mass is 10.1. The maximum atomic E-state index is 10.2. The SMILES string of the molecule is NCCCC[C@H](N=O)C(=O)O. The fourth-order valence-electron chi connectivity index (χ4n) is 0.703. The Bertz CT molecular complexity index is 138. The molecular weight excluding hydrogens is 148 g/mol. The van der Waals surface area contributed by atoms with Crippen molar-refractivity contribution in [3.63, 3.8) is 0 Å². The van der Waals surface area contributed by atoms with Crippen LogP contribution in [-0.4, -0.2) is 23.7 Å². The first-order valence-corrected chi connectivity index (χ1v) is 3.47. The van der Waals surface area contributed by atoms with Gasteiger partial charge in [0.1, 0.15) is 0 Å². The molecule has 64 valence electrons. The van der Waals surface area contributed by atoms with E-state index in [0.29, 0.717) is 13.0 Å². The van der Waals surface area contributed by atoms with Crippen LogP contribution < -0.4 is 5.73 Å². The summed E-state index contributed by atoms with van der Waals surface area (Å²) in [5.41, 5.74) is 5.18. The predicted molar refractivity (Wildman–Crippen MR) is 40.1 cm³/mol. The summed E-state index contributed by atoms with van der Waals surface area (Å²) in [7, 11) is 0. The zero-order valence-corrected chi connectivity index (χ0v) is 6.19. The second-order valence-electron chi connectivity index (χ2n) is 2.24. The summed E-state index contributed by atoms with van der Waals surface area (Å²) in [5, 5.41) is 10.8. The van der Waals surface area contributed by atoms with Crippen LogP contribution in [0, 0.1) is 4.91 Å². The summed E-state index contributed by atoms with van der Waals surface area (Å²) in [4.78, 5) is 20.1. The quantitative estimate of drug-likeness (QED) is 0.432. The minimum atomic E-state index is -1.16. The second kappa shape index (κ2) is 5.79. The highest BCUT2D eigenvalue weighted by molar-refractivity contribution is 5.73. The molecule has 0 bridgehead atoms. The monoisotopic (exact) mass is 160 g/mol.